The number of nitrogens with zero attached hydrogens (tertiary/aromatic N) is 2. The molecule has 26 heavy (non-hydrogen) atoms. The van der Waals surface area contributed by atoms with Crippen LogP contribution >= 0.6 is 0 Å². The number of nitrogens with one attached hydrogen (secondary N) is 1. The second-order valence-corrected chi connectivity index (χ2v) is 5.98. The standard InChI is InChI=1S/C19H19N3O4/c1-11-12(2)21-16-9-14(6-7-15(16)20-11)19(24)26-10-18(23)22-13(3)17-5-4-8-25-17/h4-9,13H,10H2,1-3H3,(H,22,23). The van der Waals surface area contributed by atoms with Crippen LogP contribution in [0.25, 0.3) is 11.0 Å². The molecule has 1 N–H and O–H groups in total. The molecule has 0 aliphatic carbocycles. The van der Waals surface area contributed by atoms with Gasteiger partial charge in [0.25, 0.3) is 5.91 Å². The molecule has 7 nitrogen and oxygen atoms in total. The van der Waals surface area contributed by atoms with E-state index in [1.807, 2.05) is 13.8 Å². The van der Waals surface area contributed by atoms with Gasteiger partial charge in [-0.25, -0.2) is 14.8 Å². The molecule has 134 valence electrons. The lowest BCUT2D eigenvalue weighted by Crippen LogP contribution is -2.31. The van der Waals surface area contributed by atoms with E-state index in [0.29, 0.717) is 22.4 Å². The fraction of sp³-hybridized carbons (Fsp3) is 0.263. The molecule has 3 rings (SSSR count). The van der Waals surface area contributed by atoms with Crippen LogP contribution in [-0.2, 0) is 9.53 Å². The van der Waals surface area contributed by atoms with Gasteiger partial charge in [0.05, 0.1) is 40.3 Å². The van der Waals surface area contributed by atoms with Gasteiger partial charge in [-0.3, -0.25) is 4.79 Å². The van der Waals surface area contributed by atoms with E-state index in [0.717, 1.165) is 11.4 Å². The zero-order valence-corrected chi connectivity index (χ0v) is 14.8. The first-order valence-corrected chi connectivity index (χ1v) is 8.19. The lowest BCUT2D eigenvalue weighted by molar-refractivity contribution is -0.125. The molecule has 0 saturated heterocycles. The predicted molar refractivity (Wildman–Crippen MR) is 94.6 cm³/mol. The number of carbonyl (C=O) groups is 2. The van der Waals surface area contributed by atoms with E-state index in [-0.39, 0.29) is 12.6 Å². The summed E-state index contributed by atoms with van der Waals surface area (Å²) >= 11 is 0. The van der Waals surface area contributed by atoms with Gasteiger partial charge in [0.1, 0.15) is 5.76 Å². The lowest BCUT2D eigenvalue weighted by atomic mass is 10.2. The molecule has 0 saturated carbocycles. The van der Waals surface area contributed by atoms with Crippen LogP contribution in [0.3, 0.4) is 0 Å². The van der Waals surface area contributed by atoms with Crippen molar-refractivity contribution < 1.29 is 18.7 Å². The average molecular weight is 353 g/mol. The molecule has 0 radical (unpaired) electrons. The Hall–Kier alpha value is -3.22. The van der Waals surface area contributed by atoms with Crippen LogP contribution in [0.5, 0.6) is 0 Å². The van der Waals surface area contributed by atoms with Crippen molar-refractivity contribution in [1.82, 2.24) is 15.3 Å². The third-order valence-corrected chi connectivity index (χ3v) is 3.99. The number of ether oxygens (including phenoxy) is 1. The first kappa shape index (κ1) is 17.6. The smallest absolute Gasteiger partial charge is 0.338 e. The highest BCUT2D eigenvalue weighted by Gasteiger charge is 2.15. The third-order valence-electron chi connectivity index (χ3n) is 3.99. The molecule has 0 aliphatic heterocycles. The molecule has 2 heterocycles. The molecule has 0 fully saturated rings. The number of aryl methyl sites for hydroxylation is 2. The maximum atomic E-state index is 12.2. The SMILES string of the molecule is Cc1nc2ccc(C(=O)OCC(=O)NC(C)c3ccco3)cc2nc1C. The Morgan fingerprint density at radius 2 is 1.88 bits per heavy atom. The van der Waals surface area contributed by atoms with E-state index in [1.165, 1.54) is 6.26 Å². The number of furan rings is 1. The zero-order chi connectivity index (χ0) is 18.7. The van der Waals surface area contributed by atoms with Gasteiger partial charge in [-0.2, -0.15) is 0 Å². The van der Waals surface area contributed by atoms with E-state index in [9.17, 15) is 9.59 Å². The number of aromatic nitrogens is 2. The number of benzene rings is 1. The fourth-order valence-corrected chi connectivity index (χ4v) is 2.46. The minimum Gasteiger partial charge on any atom is -0.467 e. The molecule has 1 amide bonds. The summed E-state index contributed by atoms with van der Waals surface area (Å²) in [5, 5.41) is 2.70. The summed E-state index contributed by atoms with van der Waals surface area (Å²) in [5.41, 5.74) is 3.28. The van der Waals surface area contributed by atoms with E-state index in [2.05, 4.69) is 15.3 Å². The molecule has 0 bridgehead atoms. The van der Waals surface area contributed by atoms with E-state index < -0.39 is 11.9 Å². The van der Waals surface area contributed by atoms with Crippen molar-refractivity contribution in [1.29, 1.82) is 0 Å². The van der Waals surface area contributed by atoms with Crippen molar-refractivity contribution in [3.63, 3.8) is 0 Å². The Bertz CT molecular complexity index is 951. The summed E-state index contributed by atoms with van der Waals surface area (Å²) in [5.74, 6) is -0.370. The normalized spacial score (nSPS) is 12.0. The molecule has 7 heteroatoms. The van der Waals surface area contributed by atoms with Crippen LogP contribution in [0.15, 0.2) is 41.0 Å². The first-order chi connectivity index (χ1) is 12.4. The first-order valence-electron chi connectivity index (χ1n) is 8.19. The van der Waals surface area contributed by atoms with Crippen molar-refractivity contribution in [2.45, 2.75) is 26.8 Å². The largest absolute Gasteiger partial charge is 0.467 e. The topological polar surface area (TPSA) is 94.3 Å². The Morgan fingerprint density at radius 1 is 1.15 bits per heavy atom. The average Bonchev–Trinajstić information content (AvgIpc) is 3.15. The number of amides is 1. The third kappa shape index (κ3) is 3.88. The van der Waals surface area contributed by atoms with Gasteiger partial charge in [0.2, 0.25) is 0 Å². The molecule has 0 aliphatic rings. The molecular formula is C19H19N3O4. The summed E-state index contributed by atoms with van der Waals surface area (Å²) in [6.07, 6.45) is 1.53. The number of fused-ring (bicyclic) bond motifs is 1. The minimum absolute atomic E-state index is 0.307. The summed E-state index contributed by atoms with van der Waals surface area (Å²) in [6.45, 7) is 5.15. The van der Waals surface area contributed by atoms with Crippen molar-refractivity contribution >= 4 is 22.9 Å². The van der Waals surface area contributed by atoms with Gasteiger partial charge < -0.3 is 14.5 Å². The number of hydrogen-bond donors (Lipinski definition) is 1. The van der Waals surface area contributed by atoms with Gasteiger partial charge in [-0.15, -0.1) is 0 Å². The molecule has 3 aromatic rings. The summed E-state index contributed by atoms with van der Waals surface area (Å²) in [6, 6.07) is 8.13. The predicted octanol–water partition coefficient (Wildman–Crippen LogP) is 2.87. The van der Waals surface area contributed by atoms with Gasteiger partial charge in [0.15, 0.2) is 6.61 Å². The Morgan fingerprint density at radius 3 is 2.58 bits per heavy atom. The summed E-state index contributed by atoms with van der Waals surface area (Å²) in [7, 11) is 0. The number of esters is 1. The Balaban J connectivity index is 1.62. The monoisotopic (exact) mass is 353 g/mol. The second kappa shape index (κ2) is 7.35. The van der Waals surface area contributed by atoms with Gasteiger partial charge in [-0.05, 0) is 51.1 Å². The highest BCUT2D eigenvalue weighted by molar-refractivity contribution is 5.94. The fourth-order valence-electron chi connectivity index (χ4n) is 2.46. The highest BCUT2D eigenvalue weighted by atomic mass is 16.5. The van der Waals surface area contributed by atoms with E-state index in [1.54, 1.807) is 37.3 Å². The van der Waals surface area contributed by atoms with Gasteiger partial charge >= 0.3 is 5.97 Å². The quantitative estimate of drug-likeness (QED) is 0.709. The lowest BCUT2D eigenvalue weighted by Gasteiger charge is -2.11. The van der Waals surface area contributed by atoms with Crippen LogP contribution in [0.1, 0.15) is 40.5 Å². The minimum atomic E-state index is -0.590. The van der Waals surface area contributed by atoms with Gasteiger partial charge in [0, 0.05) is 0 Å². The highest BCUT2D eigenvalue weighted by Crippen LogP contribution is 2.15. The van der Waals surface area contributed by atoms with E-state index in [4.69, 9.17) is 9.15 Å². The Kier molecular flexibility index (Phi) is 4.97. The van der Waals surface area contributed by atoms with Gasteiger partial charge in [-0.1, -0.05) is 0 Å². The molecule has 0 spiro atoms. The molecule has 1 aromatic carbocycles. The molecular weight excluding hydrogens is 334 g/mol. The van der Waals surface area contributed by atoms with E-state index >= 15 is 0 Å². The summed E-state index contributed by atoms with van der Waals surface area (Å²) < 4.78 is 10.3. The van der Waals surface area contributed by atoms with Crippen molar-refractivity contribution in [2.24, 2.45) is 0 Å². The van der Waals surface area contributed by atoms with Crippen molar-refractivity contribution in [2.75, 3.05) is 6.61 Å². The van der Waals surface area contributed by atoms with Crippen LogP contribution in [0.4, 0.5) is 0 Å². The summed E-state index contributed by atoms with van der Waals surface area (Å²) in [4.78, 5) is 33.0. The molecule has 1 atom stereocenters. The van der Waals surface area contributed by atoms with Crippen molar-refractivity contribution in [3.05, 3.63) is 59.3 Å². The Labute approximate surface area is 150 Å². The number of carbonyl (C=O) groups excluding carboxylic acids is 2. The molecule has 1 unspecified atom stereocenters. The molecule has 2 aromatic heterocycles. The maximum absolute atomic E-state index is 12.2. The van der Waals surface area contributed by atoms with Crippen LogP contribution < -0.4 is 5.32 Å². The second-order valence-electron chi connectivity index (χ2n) is 5.98. The van der Waals surface area contributed by atoms with Crippen LogP contribution in [0.2, 0.25) is 0 Å². The van der Waals surface area contributed by atoms with Crippen molar-refractivity contribution in [3.8, 4) is 0 Å². The number of rotatable bonds is 5. The number of hydrogen-bond acceptors (Lipinski definition) is 6. The zero-order valence-electron chi connectivity index (χ0n) is 14.8. The van der Waals surface area contributed by atoms with Crippen LogP contribution in [0, 0.1) is 13.8 Å². The maximum Gasteiger partial charge on any atom is 0.338 e. The van der Waals surface area contributed by atoms with Crippen LogP contribution in [-0.4, -0.2) is 28.5 Å².